The summed E-state index contributed by atoms with van der Waals surface area (Å²) >= 11 is 6.20. The Morgan fingerprint density at radius 3 is 2.79 bits per heavy atom. The predicted molar refractivity (Wildman–Crippen MR) is 126 cm³/mol. The number of halogens is 2. The van der Waals surface area contributed by atoms with Gasteiger partial charge in [0.1, 0.15) is 23.5 Å². The van der Waals surface area contributed by atoms with Crippen LogP contribution in [-0.4, -0.2) is 29.5 Å². The zero-order valence-corrected chi connectivity index (χ0v) is 18.8. The number of H-pyrrole nitrogens is 1. The Kier molecular flexibility index (Phi) is 5.05. The molecule has 33 heavy (non-hydrogen) atoms. The number of aromatic amines is 1. The molecule has 3 heterocycles. The summed E-state index contributed by atoms with van der Waals surface area (Å²) in [5.74, 6) is 0.246. The number of hydrogen-bond donors (Lipinski definition) is 2. The van der Waals surface area contributed by atoms with Gasteiger partial charge >= 0.3 is 0 Å². The number of rotatable bonds is 4. The lowest BCUT2D eigenvalue weighted by molar-refractivity contribution is 0.629. The maximum absolute atomic E-state index is 14.2. The van der Waals surface area contributed by atoms with E-state index in [4.69, 9.17) is 16.6 Å². The van der Waals surface area contributed by atoms with Crippen LogP contribution in [0.3, 0.4) is 0 Å². The van der Waals surface area contributed by atoms with Crippen LogP contribution in [0.1, 0.15) is 29.9 Å². The summed E-state index contributed by atoms with van der Waals surface area (Å²) in [6.07, 6.45) is 2.95. The molecular weight excluding hydrogens is 445 g/mol. The second-order valence-corrected chi connectivity index (χ2v) is 8.15. The van der Waals surface area contributed by atoms with Crippen LogP contribution in [0.25, 0.3) is 27.8 Å². The molecule has 166 valence electrons. The van der Waals surface area contributed by atoms with E-state index in [1.165, 1.54) is 29.4 Å². The summed E-state index contributed by atoms with van der Waals surface area (Å²) < 4.78 is 15.7. The molecule has 3 aromatic heterocycles. The molecule has 0 saturated carbocycles. The van der Waals surface area contributed by atoms with Crippen molar-refractivity contribution in [3.63, 3.8) is 0 Å². The minimum atomic E-state index is -0.670. The Labute approximate surface area is 192 Å². The highest BCUT2D eigenvalue weighted by molar-refractivity contribution is 6.35. The molecule has 8 nitrogen and oxygen atoms in total. The molecule has 0 spiro atoms. The van der Waals surface area contributed by atoms with Gasteiger partial charge in [0.15, 0.2) is 11.5 Å². The number of anilines is 1. The van der Waals surface area contributed by atoms with Crippen LogP contribution >= 0.6 is 11.6 Å². The van der Waals surface area contributed by atoms with E-state index in [-0.39, 0.29) is 10.4 Å². The highest BCUT2D eigenvalue weighted by Crippen LogP contribution is 2.28. The highest BCUT2D eigenvalue weighted by atomic mass is 35.5. The molecule has 0 aliphatic heterocycles. The third-order valence-electron chi connectivity index (χ3n) is 5.73. The quantitative estimate of drug-likeness (QED) is 0.403. The van der Waals surface area contributed by atoms with Gasteiger partial charge in [-0.3, -0.25) is 9.36 Å². The largest absolute Gasteiger partial charge is 0.358 e. The molecule has 5 aromatic rings. The van der Waals surface area contributed by atoms with Crippen molar-refractivity contribution in [3.05, 3.63) is 81.1 Å². The lowest BCUT2D eigenvalue weighted by Crippen LogP contribution is -2.28. The standard InChI is InChI=1S/C23H19ClFN7O/c1-11-5-4-6-16(12(11)2)32-22(31-15-8-7-14(25)18(24)17(15)23(32)33)13(3)30-21-19-20(27-9-26-19)28-10-29-21/h4-10,13H,1-3H3,(H2,26,27,28,29,30)/t13-/m1/s1. The van der Waals surface area contributed by atoms with E-state index in [0.717, 1.165) is 11.1 Å². The summed E-state index contributed by atoms with van der Waals surface area (Å²) in [6.45, 7) is 5.75. The molecule has 0 amide bonds. The second kappa shape index (κ2) is 7.93. The first-order valence-corrected chi connectivity index (χ1v) is 10.6. The first-order valence-electron chi connectivity index (χ1n) is 10.2. The first kappa shape index (κ1) is 21.0. The van der Waals surface area contributed by atoms with E-state index in [2.05, 4.69) is 25.3 Å². The molecule has 0 fully saturated rings. The van der Waals surface area contributed by atoms with Gasteiger partial charge in [-0.15, -0.1) is 0 Å². The van der Waals surface area contributed by atoms with Gasteiger partial charge in [0, 0.05) is 0 Å². The number of nitrogens with one attached hydrogen (secondary N) is 2. The summed E-state index contributed by atoms with van der Waals surface area (Å²) in [5, 5.41) is 3.07. The molecule has 0 saturated heterocycles. The van der Waals surface area contributed by atoms with Crippen molar-refractivity contribution < 1.29 is 4.39 Å². The lowest BCUT2D eigenvalue weighted by atomic mass is 10.1. The maximum atomic E-state index is 14.2. The summed E-state index contributed by atoms with van der Waals surface area (Å²) in [4.78, 5) is 34.1. The average Bonchev–Trinajstić information content (AvgIpc) is 3.28. The third kappa shape index (κ3) is 3.41. The number of aromatic nitrogens is 6. The molecule has 0 aliphatic rings. The zero-order valence-electron chi connectivity index (χ0n) is 18.0. The van der Waals surface area contributed by atoms with Crippen molar-refractivity contribution in [1.29, 1.82) is 0 Å². The second-order valence-electron chi connectivity index (χ2n) is 7.77. The number of hydrogen-bond acceptors (Lipinski definition) is 6. The Bertz CT molecular complexity index is 1590. The summed E-state index contributed by atoms with van der Waals surface area (Å²) in [6, 6.07) is 7.84. The molecule has 0 bridgehead atoms. The first-order chi connectivity index (χ1) is 15.9. The van der Waals surface area contributed by atoms with Crippen LogP contribution < -0.4 is 10.9 Å². The van der Waals surface area contributed by atoms with Crippen LogP contribution in [0.4, 0.5) is 10.2 Å². The fraction of sp³-hybridized carbons (Fsp3) is 0.174. The van der Waals surface area contributed by atoms with E-state index < -0.39 is 17.4 Å². The van der Waals surface area contributed by atoms with Gasteiger partial charge in [-0.2, -0.15) is 0 Å². The van der Waals surface area contributed by atoms with Crippen molar-refractivity contribution in [3.8, 4) is 5.69 Å². The van der Waals surface area contributed by atoms with Crippen LogP contribution in [0.2, 0.25) is 5.02 Å². The van der Waals surface area contributed by atoms with Gasteiger partial charge in [0.25, 0.3) is 5.56 Å². The Balaban J connectivity index is 1.77. The molecule has 2 aromatic carbocycles. The SMILES string of the molecule is Cc1cccc(-n2c([C@@H](C)Nc3ncnc4[nH]cnc34)nc3ccc(F)c(Cl)c3c2=O)c1C. The number of benzene rings is 2. The molecule has 10 heteroatoms. The number of imidazole rings is 1. The number of aryl methyl sites for hydroxylation is 1. The van der Waals surface area contributed by atoms with E-state index in [0.29, 0.717) is 34.0 Å². The smallest absolute Gasteiger partial charge is 0.267 e. The lowest BCUT2D eigenvalue weighted by Gasteiger charge is -2.22. The topological polar surface area (TPSA) is 101 Å². The third-order valence-corrected chi connectivity index (χ3v) is 6.10. The molecule has 0 aliphatic carbocycles. The Hall–Kier alpha value is -3.85. The molecular formula is C23H19ClFN7O. The molecule has 2 N–H and O–H groups in total. The van der Waals surface area contributed by atoms with Crippen LogP contribution in [0, 0.1) is 19.7 Å². The van der Waals surface area contributed by atoms with Gasteiger partial charge in [0.2, 0.25) is 0 Å². The zero-order chi connectivity index (χ0) is 23.3. The molecule has 0 unspecified atom stereocenters. The summed E-state index contributed by atoms with van der Waals surface area (Å²) in [7, 11) is 0. The fourth-order valence-electron chi connectivity index (χ4n) is 3.87. The van der Waals surface area contributed by atoms with Gasteiger partial charge in [-0.25, -0.2) is 24.3 Å². The van der Waals surface area contributed by atoms with Gasteiger partial charge < -0.3 is 10.3 Å². The monoisotopic (exact) mass is 463 g/mol. The molecule has 1 atom stereocenters. The number of fused-ring (bicyclic) bond motifs is 2. The predicted octanol–water partition coefficient (Wildman–Crippen LogP) is 4.63. The minimum absolute atomic E-state index is 0.0326. The van der Waals surface area contributed by atoms with Crippen molar-refractivity contribution in [2.75, 3.05) is 5.32 Å². The van der Waals surface area contributed by atoms with Gasteiger partial charge in [0.05, 0.1) is 34.0 Å². The van der Waals surface area contributed by atoms with E-state index in [1.807, 2.05) is 39.0 Å². The normalized spacial score (nSPS) is 12.4. The Morgan fingerprint density at radius 2 is 1.97 bits per heavy atom. The average molecular weight is 464 g/mol. The van der Waals surface area contributed by atoms with Crippen molar-refractivity contribution in [2.45, 2.75) is 26.8 Å². The summed E-state index contributed by atoms with van der Waals surface area (Å²) in [5.41, 5.74) is 3.56. The van der Waals surface area contributed by atoms with E-state index in [1.54, 1.807) is 0 Å². The van der Waals surface area contributed by atoms with E-state index in [9.17, 15) is 9.18 Å². The van der Waals surface area contributed by atoms with Crippen LogP contribution in [0.15, 0.2) is 47.8 Å². The molecule has 0 radical (unpaired) electrons. The maximum Gasteiger partial charge on any atom is 0.267 e. The molecule has 5 rings (SSSR count). The van der Waals surface area contributed by atoms with Gasteiger partial charge in [-0.05, 0) is 50.1 Å². The number of nitrogens with zero attached hydrogens (tertiary/aromatic N) is 5. The van der Waals surface area contributed by atoms with Crippen molar-refractivity contribution >= 4 is 39.5 Å². The van der Waals surface area contributed by atoms with Crippen molar-refractivity contribution in [1.82, 2.24) is 29.5 Å². The van der Waals surface area contributed by atoms with Crippen molar-refractivity contribution in [2.24, 2.45) is 0 Å². The Morgan fingerprint density at radius 1 is 1.15 bits per heavy atom. The minimum Gasteiger partial charge on any atom is -0.358 e. The van der Waals surface area contributed by atoms with Crippen LogP contribution in [-0.2, 0) is 0 Å². The van der Waals surface area contributed by atoms with Crippen LogP contribution in [0.5, 0.6) is 0 Å². The highest BCUT2D eigenvalue weighted by Gasteiger charge is 2.23. The fourth-order valence-corrected chi connectivity index (χ4v) is 4.11. The van der Waals surface area contributed by atoms with Gasteiger partial charge in [-0.1, -0.05) is 23.7 Å². The van der Waals surface area contributed by atoms with E-state index >= 15 is 0 Å².